The Bertz CT molecular complexity index is 320. The smallest absolute Gasteiger partial charge is 0.0479 e. The monoisotopic (exact) mass is 190 g/mol. The highest BCUT2D eigenvalue weighted by Crippen LogP contribution is 2.32. The summed E-state index contributed by atoms with van der Waals surface area (Å²) < 4.78 is 0. The molecule has 2 unspecified atom stereocenters. The highest BCUT2D eigenvalue weighted by molar-refractivity contribution is 5.59. The summed E-state index contributed by atoms with van der Waals surface area (Å²) in [7, 11) is 0. The molecule has 2 heteroatoms. The molecule has 0 spiro atoms. The topological polar surface area (TPSA) is 29.3 Å². The zero-order chi connectivity index (χ0) is 10.1. The van der Waals surface area contributed by atoms with Gasteiger partial charge in [0, 0.05) is 24.3 Å². The summed E-state index contributed by atoms with van der Waals surface area (Å²) in [4.78, 5) is 2.42. The Kier molecular flexibility index (Phi) is 2.46. The van der Waals surface area contributed by atoms with E-state index in [-0.39, 0.29) is 6.04 Å². The molecule has 2 atom stereocenters. The van der Waals surface area contributed by atoms with Gasteiger partial charge in [0.15, 0.2) is 0 Å². The molecule has 0 saturated heterocycles. The molecule has 2 nitrogen and oxygen atoms in total. The van der Waals surface area contributed by atoms with Crippen molar-refractivity contribution in [1.29, 1.82) is 0 Å². The van der Waals surface area contributed by atoms with Crippen LogP contribution in [0.1, 0.15) is 19.4 Å². The van der Waals surface area contributed by atoms with E-state index in [0.717, 1.165) is 13.0 Å². The molecule has 1 aliphatic rings. The second-order valence-corrected chi connectivity index (χ2v) is 4.05. The predicted octanol–water partition coefficient (Wildman–Crippen LogP) is 1.78. The number of rotatable bonds is 2. The van der Waals surface area contributed by atoms with E-state index in [2.05, 4.69) is 43.0 Å². The second kappa shape index (κ2) is 3.62. The van der Waals surface area contributed by atoms with Crippen molar-refractivity contribution >= 4 is 5.69 Å². The van der Waals surface area contributed by atoms with Crippen LogP contribution in [0.5, 0.6) is 0 Å². The zero-order valence-electron chi connectivity index (χ0n) is 8.90. The van der Waals surface area contributed by atoms with Crippen molar-refractivity contribution in [3.8, 4) is 0 Å². The summed E-state index contributed by atoms with van der Waals surface area (Å²) in [6.07, 6.45) is 1.10. The molecule has 0 saturated carbocycles. The van der Waals surface area contributed by atoms with Crippen LogP contribution in [0.15, 0.2) is 24.3 Å². The molecule has 2 rings (SSSR count). The zero-order valence-corrected chi connectivity index (χ0v) is 8.90. The quantitative estimate of drug-likeness (QED) is 0.770. The molecule has 1 heterocycles. The average molecular weight is 190 g/mol. The molecule has 1 aromatic carbocycles. The van der Waals surface area contributed by atoms with Crippen LogP contribution >= 0.6 is 0 Å². The SMILES string of the molecule is CCN1c2ccccc2CC1C(C)N. The Hall–Kier alpha value is -1.02. The van der Waals surface area contributed by atoms with Crippen LogP contribution < -0.4 is 10.6 Å². The summed E-state index contributed by atoms with van der Waals surface area (Å²) in [5.74, 6) is 0. The molecule has 0 bridgehead atoms. The molecule has 1 aliphatic heterocycles. The van der Waals surface area contributed by atoms with Crippen molar-refractivity contribution < 1.29 is 0 Å². The van der Waals surface area contributed by atoms with Gasteiger partial charge in [-0.25, -0.2) is 0 Å². The summed E-state index contributed by atoms with van der Waals surface area (Å²) in [5.41, 5.74) is 8.82. The lowest BCUT2D eigenvalue weighted by Crippen LogP contribution is -2.44. The van der Waals surface area contributed by atoms with Crippen LogP contribution in [0.2, 0.25) is 0 Å². The van der Waals surface area contributed by atoms with E-state index in [0.29, 0.717) is 6.04 Å². The highest BCUT2D eigenvalue weighted by Gasteiger charge is 2.29. The lowest BCUT2D eigenvalue weighted by atomic mass is 10.1. The third kappa shape index (κ3) is 1.40. The van der Waals surface area contributed by atoms with Gasteiger partial charge >= 0.3 is 0 Å². The van der Waals surface area contributed by atoms with Gasteiger partial charge in [-0.3, -0.25) is 0 Å². The number of hydrogen-bond acceptors (Lipinski definition) is 2. The van der Waals surface area contributed by atoms with Gasteiger partial charge in [-0.05, 0) is 31.9 Å². The minimum absolute atomic E-state index is 0.238. The second-order valence-electron chi connectivity index (χ2n) is 4.05. The molecule has 0 aromatic heterocycles. The number of anilines is 1. The van der Waals surface area contributed by atoms with Crippen LogP contribution in [0.25, 0.3) is 0 Å². The Balaban J connectivity index is 2.34. The van der Waals surface area contributed by atoms with Crippen LogP contribution in [0, 0.1) is 0 Å². The van der Waals surface area contributed by atoms with E-state index in [1.54, 1.807) is 0 Å². The standard InChI is InChI=1S/C12H18N2/c1-3-14-11-7-5-4-6-10(11)8-12(14)9(2)13/h4-7,9,12H,3,8,13H2,1-2H3. The fourth-order valence-electron chi connectivity index (χ4n) is 2.35. The van der Waals surface area contributed by atoms with Gasteiger partial charge in [-0.15, -0.1) is 0 Å². The number of fused-ring (bicyclic) bond motifs is 1. The highest BCUT2D eigenvalue weighted by atomic mass is 15.2. The first-order valence-corrected chi connectivity index (χ1v) is 5.34. The summed E-state index contributed by atoms with van der Waals surface area (Å²) >= 11 is 0. The van der Waals surface area contributed by atoms with E-state index in [1.165, 1.54) is 11.3 Å². The van der Waals surface area contributed by atoms with Crippen molar-refractivity contribution in [2.75, 3.05) is 11.4 Å². The molecule has 76 valence electrons. The van der Waals surface area contributed by atoms with Gasteiger partial charge < -0.3 is 10.6 Å². The van der Waals surface area contributed by atoms with E-state index in [9.17, 15) is 0 Å². The van der Waals surface area contributed by atoms with Crippen LogP contribution in [0.3, 0.4) is 0 Å². The minimum atomic E-state index is 0.238. The Labute approximate surface area is 85.7 Å². The summed E-state index contributed by atoms with van der Waals surface area (Å²) in [6.45, 7) is 5.33. The molecule has 0 fully saturated rings. The van der Waals surface area contributed by atoms with E-state index < -0.39 is 0 Å². The maximum absolute atomic E-state index is 6.00. The van der Waals surface area contributed by atoms with Gasteiger partial charge in [0.1, 0.15) is 0 Å². The fourth-order valence-corrected chi connectivity index (χ4v) is 2.35. The maximum Gasteiger partial charge on any atom is 0.0479 e. The first-order chi connectivity index (χ1) is 6.74. The Morgan fingerprint density at radius 1 is 1.50 bits per heavy atom. The van der Waals surface area contributed by atoms with Crippen molar-refractivity contribution in [2.24, 2.45) is 5.73 Å². The lowest BCUT2D eigenvalue weighted by Gasteiger charge is -2.28. The van der Waals surface area contributed by atoms with E-state index >= 15 is 0 Å². The molecule has 0 aliphatic carbocycles. The summed E-state index contributed by atoms with van der Waals surface area (Å²) in [5, 5.41) is 0. The Morgan fingerprint density at radius 2 is 2.21 bits per heavy atom. The molecule has 14 heavy (non-hydrogen) atoms. The minimum Gasteiger partial charge on any atom is -0.367 e. The first-order valence-electron chi connectivity index (χ1n) is 5.34. The molecule has 1 aromatic rings. The van der Waals surface area contributed by atoms with Gasteiger partial charge in [-0.2, -0.15) is 0 Å². The largest absolute Gasteiger partial charge is 0.367 e. The van der Waals surface area contributed by atoms with Crippen molar-refractivity contribution in [3.63, 3.8) is 0 Å². The molecular weight excluding hydrogens is 172 g/mol. The molecule has 0 radical (unpaired) electrons. The van der Waals surface area contributed by atoms with Crippen LogP contribution in [-0.4, -0.2) is 18.6 Å². The van der Waals surface area contributed by atoms with Crippen LogP contribution in [-0.2, 0) is 6.42 Å². The normalized spacial score (nSPS) is 22.2. The van der Waals surface area contributed by atoms with Crippen molar-refractivity contribution in [2.45, 2.75) is 32.4 Å². The molecule has 0 amide bonds. The third-order valence-corrected chi connectivity index (χ3v) is 3.08. The molecule has 2 N–H and O–H groups in total. The summed E-state index contributed by atoms with van der Waals surface area (Å²) in [6, 6.07) is 9.34. The van der Waals surface area contributed by atoms with E-state index in [1.807, 2.05) is 0 Å². The number of nitrogens with two attached hydrogens (primary N) is 1. The van der Waals surface area contributed by atoms with E-state index in [4.69, 9.17) is 5.73 Å². The Morgan fingerprint density at radius 3 is 2.86 bits per heavy atom. The number of para-hydroxylation sites is 1. The number of likely N-dealkylation sites (N-methyl/N-ethyl adjacent to an activating group) is 1. The van der Waals surface area contributed by atoms with Gasteiger partial charge in [0.05, 0.1) is 0 Å². The number of benzene rings is 1. The number of nitrogens with zero attached hydrogens (tertiary/aromatic N) is 1. The van der Waals surface area contributed by atoms with Crippen LogP contribution in [0.4, 0.5) is 5.69 Å². The average Bonchev–Trinajstić information content (AvgIpc) is 2.56. The maximum atomic E-state index is 6.00. The molecular formula is C12H18N2. The first kappa shape index (κ1) is 9.53. The van der Waals surface area contributed by atoms with Gasteiger partial charge in [0.25, 0.3) is 0 Å². The number of hydrogen-bond donors (Lipinski definition) is 1. The van der Waals surface area contributed by atoms with Crippen molar-refractivity contribution in [3.05, 3.63) is 29.8 Å². The van der Waals surface area contributed by atoms with Gasteiger partial charge in [0.2, 0.25) is 0 Å². The van der Waals surface area contributed by atoms with Gasteiger partial charge in [-0.1, -0.05) is 18.2 Å². The fraction of sp³-hybridized carbons (Fsp3) is 0.500. The predicted molar refractivity (Wildman–Crippen MR) is 60.6 cm³/mol. The lowest BCUT2D eigenvalue weighted by molar-refractivity contribution is 0.539. The third-order valence-electron chi connectivity index (χ3n) is 3.08. The van der Waals surface area contributed by atoms with Crippen molar-refractivity contribution in [1.82, 2.24) is 0 Å².